The van der Waals surface area contributed by atoms with Gasteiger partial charge in [-0.15, -0.1) is 0 Å². The molecular formula is C17H21BrN2O3. The molecule has 124 valence electrons. The van der Waals surface area contributed by atoms with E-state index >= 15 is 0 Å². The monoisotopic (exact) mass is 380 g/mol. The maximum Gasteiger partial charge on any atom is 0.407 e. The molecule has 1 aromatic rings. The Kier molecular flexibility index (Phi) is 4.07. The standard InChI is InChI=1S/C17H21BrN2O3/c18-13-5-11-3-4-23-10-16(11)12(6-13)7-19-8-14-1-2-15(9-19)20(14)17(21)22/h5-6,14-15H,1-4,7-10H2,(H,21,22). The summed E-state index contributed by atoms with van der Waals surface area (Å²) in [4.78, 5) is 15.5. The fourth-order valence-corrected chi connectivity index (χ4v) is 4.89. The number of rotatable bonds is 2. The zero-order chi connectivity index (χ0) is 16.0. The van der Waals surface area contributed by atoms with Crippen LogP contribution < -0.4 is 0 Å². The van der Waals surface area contributed by atoms with E-state index in [4.69, 9.17) is 4.74 Å². The number of hydrogen-bond acceptors (Lipinski definition) is 3. The molecular weight excluding hydrogens is 360 g/mol. The number of halogens is 1. The van der Waals surface area contributed by atoms with E-state index in [0.717, 1.165) is 50.0 Å². The number of benzene rings is 1. The Bertz CT molecular complexity index is 623. The van der Waals surface area contributed by atoms with Gasteiger partial charge in [-0.2, -0.15) is 0 Å². The van der Waals surface area contributed by atoms with Crippen molar-refractivity contribution in [3.8, 4) is 0 Å². The lowest BCUT2D eigenvalue weighted by Crippen LogP contribution is -2.55. The minimum Gasteiger partial charge on any atom is -0.465 e. The lowest BCUT2D eigenvalue weighted by atomic mass is 9.97. The first-order chi connectivity index (χ1) is 11.1. The number of likely N-dealkylation sites (tertiary alicyclic amines) is 1. The van der Waals surface area contributed by atoms with Crippen molar-refractivity contribution in [3.63, 3.8) is 0 Å². The fourth-order valence-electron chi connectivity index (χ4n) is 4.33. The van der Waals surface area contributed by atoms with Gasteiger partial charge in [0.05, 0.1) is 13.2 Å². The molecule has 3 aliphatic heterocycles. The Labute approximate surface area is 144 Å². The second kappa shape index (κ2) is 6.07. The average Bonchev–Trinajstić information content (AvgIpc) is 2.79. The minimum absolute atomic E-state index is 0.158. The summed E-state index contributed by atoms with van der Waals surface area (Å²) in [7, 11) is 0. The molecule has 1 amide bonds. The van der Waals surface area contributed by atoms with Crippen molar-refractivity contribution in [2.75, 3.05) is 19.7 Å². The summed E-state index contributed by atoms with van der Waals surface area (Å²) >= 11 is 3.63. The lowest BCUT2D eigenvalue weighted by Gasteiger charge is -2.39. The number of nitrogens with zero attached hydrogens (tertiary/aromatic N) is 2. The molecule has 5 nitrogen and oxygen atoms in total. The van der Waals surface area contributed by atoms with Gasteiger partial charge in [0.2, 0.25) is 0 Å². The van der Waals surface area contributed by atoms with Crippen molar-refractivity contribution < 1.29 is 14.6 Å². The number of carbonyl (C=O) groups is 1. The second-order valence-electron chi connectivity index (χ2n) is 6.77. The fraction of sp³-hybridized carbons (Fsp3) is 0.588. The molecule has 1 N–H and O–H groups in total. The van der Waals surface area contributed by atoms with E-state index < -0.39 is 6.09 Å². The van der Waals surface area contributed by atoms with Gasteiger partial charge >= 0.3 is 6.09 Å². The van der Waals surface area contributed by atoms with E-state index in [1.165, 1.54) is 16.7 Å². The first-order valence-corrected chi connectivity index (χ1v) is 9.02. The van der Waals surface area contributed by atoms with Crippen molar-refractivity contribution in [1.82, 2.24) is 9.80 Å². The number of carboxylic acid groups (broad SMARTS) is 1. The van der Waals surface area contributed by atoms with E-state index in [-0.39, 0.29) is 12.1 Å². The van der Waals surface area contributed by atoms with Crippen molar-refractivity contribution in [2.24, 2.45) is 0 Å². The summed E-state index contributed by atoms with van der Waals surface area (Å²) in [5, 5.41) is 9.37. The topological polar surface area (TPSA) is 53.0 Å². The van der Waals surface area contributed by atoms with Gasteiger partial charge in [0.1, 0.15) is 0 Å². The Morgan fingerprint density at radius 2 is 2.04 bits per heavy atom. The van der Waals surface area contributed by atoms with Gasteiger partial charge in [-0.1, -0.05) is 15.9 Å². The van der Waals surface area contributed by atoms with Gasteiger partial charge in [-0.25, -0.2) is 4.79 Å². The summed E-state index contributed by atoms with van der Waals surface area (Å²) in [6, 6.07) is 4.71. The smallest absolute Gasteiger partial charge is 0.407 e. The molecule has 3 aliphatic rings. The van der Waals surface area contributed by atoms with Crippen molar-refractivity contribution in [1.29, 1.82) is 0 Å². The van der Waals surface area contributed by atoms with Crippen molar-refractivity contribution in [2.45, 2.75) is 44.5 Å². The van der Waals surface area contributed by atoms with Crippen LogP contribution >= 0.6 is 15.9 Å². The highest BCUT2D eigenvalue weighted by atomic mass is 79.9. The Morgan fingerprint density at radius 3 is 2.74 bits per heavy atom. The highest BCUT2D eigenvalue weighted by molar-refractivity contribution is 9.10. The van der Waals surface area contributed by atoms with E-state index in [9.17, 15) is 9.90 Å². The number of amides is 1. The third-order valence-electron chi connectivity index (χ3n) is 5.33. The molecule has 2 bridgehead atoms. The van der Waals surface area contributed by atoms with Crippen LogP contribution in [0.25, 0.3) is 0 Å². The molecule has 0 saturated carbocycles. The minimum atomic E-state index is -0.759. The molecule has 1 aromatic carbocycles. The van der Waals surface area contributed by atoms with Crippen LogP contribution in [-0.2, 0) is 24.3 Å². The molecule has 23 heavy (non-hydrogen) atoms. The van der Waals surface area contributed by atoms with Crippen LogP contribution in [0.4, 0.5) is 4.79 Å². The largest absolute Gasteiger partial charge is 0.465 e. The molecule has 0 aliphatic carbocycles. The number of fused-ring (bicyclic) bond motifs is 3. The van der Waals surface area contributed by atoms with E-state index in [1.807, 2.05) is 0 Å². The zero-order valence-electron chi connectivity index (χ0n) is 13.0. The first kappa shape index (κ1) is 15.4. The van der Waals surface area contributed by atoms with Crippen LogP contribution in [0.5, 0.6) is 0 Å². The van der Waals surface area contributed by atoms with E-state index in [0.29, 0.717) is 6.61 Å². The van der Waals surface area contributed by atoms with Gasteiger partial charge < -0.3 is 9.84 Å². The Hall–Kier alpha value is -1.11. The van der Waals surface area contributed by atoms with Crippen molar-refractivity contribution in [3.05, 3.63) is 33.3 Å². The van der Waals surface area contributed by atoms with E-state index in [1.54, 1.807) is 4.90 Å². The molecule has 0 aromatic heterocycles. The van der Waals surface area contributed by atoms with Crippen LogP contribution in [0.2, 0.25) is 0 Å². The van der Waals surface area contributed by atoms with Crippen LogP contribution in [-0.4, -0.2) is 52.8 Å². The van der Waals surface area contributed by atoms with Gasteiger partial charge in [0.15, 0.2) is 0 Å². The molecule has 4 rings (SSSR count). The molecule has 0 spiro atoms. The van der Waals surface area contributed by atoms with Crippen LogP contribution in [0.15, 0.2) is 16.6 Å². The SMILES string of the molecule is O=C(O)N1C2CCC1CN(Cc1cc(Br)cc3c1COCC3)C2. The average molecular weight is 381 g/mol. The maximum atomic E-state index is 11.4. The third kappa shape index (κ3) is 2.88. The molecule has 6 heteroatoms. The summed E-state index contributed by atoms with van der Waals surface area (Å²) in [6.45, 7) is 4.05. The summed E-state index contributed by atoms with van der Waals surface area (Å²) in [5.41, 5.74) is 4.03. The van der Waals surface area contributed by atoms with Gasteiger partial charge in [-0.05, 0) is 48.1 Å². The Morgan fingerprint density at radius 1 is 1.30 bits per heavy atom. The number of piperazine rings is 1. The molecule has 3 heterocycles. The summed E-state index contributed by atoms with van der Waals surface area (Å²) in [6.07, 6.45) is 2.20. The van der Waals surface area contributed by atoms with Gasteiger partial charge in [-0.3, -0.25) is 9.80 Å². The van der Waals surface area contributed by atoms with Crippen molar-refractivity contribution >= 4 is 22.0 Å². The molecule has 0 radical (unpaired) electrons. The van der Waals surface area contributed by atoms with Gasteiger partial charge in [0.25, 0.3) is 0 Å². The maximum absolute atomic E-state index is 11.4. The van der Waals surface area contributed by atoms with E-state index in [2.05, 4.69) is 33.0 Å². The third-order valence-corrected chi connectivity index (χ3v) is 5.79. The van der Waals surface area contributed by atoms with Crippen LogP contribution in [0.3, 0.4) is 0 Å². The summed E-state index contributed by atoms with van der Waals surface area (Å²) < 4.78 is 6.77. The lowest BCUT2D eigenvalue weighted by molar-refractivity contribution is 0.0583. The van der Waals surface area contributed by atoms with Crippen LogP contribution in [0, 0.1) is 0 Å². The molecule has 2 atom stereocenters. The zero-order valence-corrected chi connectivity index (χ0v) is 14.6. The quantitative estimate of drug-likeness (QED) is 0.856. The predicted molar refractivity (Wildman–Crippen MR) is 89.5 cm³/mol. The highest BCUT2D eigenvalue weighted by Crippen LogP contribution is 2.32. The highest BCUT2D eigenvalue weighted by Gasteiger charge is 2.42. The number of hydrogen-bond donors (Lipinski definition) is 1. The Balaban J connectivity index is 1.54. The first-order valence-electron chi connectivity index (χ1n) is 8.23. The second-order valence-corrected chi connectivity index (χ2v) is 7.69. The molecule has 2 fully saturated rings. The summed E-state index contributed by atoms with van der Waals surface area (Å²) in [5.74, 6) is 0. The van der Waals surface area contributed by atoms with Crippen LogP contribution in [0.1, 0.15) is 29.5 Å². The molecule has 2 saturated heterocycles. The molecule has 2 unspecified atom stereocenters. The number of ether oxygens (including phenoxy) is 1. The predicted octanol–water partition coefficient (Wildman–Crippen LogP) is 2.85. The van der Waals surface area contributed by atoms with Gasteiger partial charge in [0, 0.05) is 36.2 Å². The normalized spacial score (nSPS) is 27.1.